The lowest BCUT2D eigenvalue weighted by molar-refractivity contribution is 0.725. The molecule has 0 atom stereocenters. The Balaban J connectivity index is 1.93. The lowest BCUT2D eigenvalue weighted by Gasteiger charge is -2.07. The van der Waals surface area contributed by atoms with E-state index in [9.17, 15) is 4.79 Å². The number of benzene rings is 1. The van der Waals surface area contributed by atoms with Crippen LogP contribution in [-0.2, 0) is 12.8 Å². The minimum atomic E-state index is -0.0279. The van der Waals surface area contributed by atoms with Gasteiger partial charge in [0.2, 0.25) is 0 Å². The Hall–Kier alpha value is -2.01. The number of H-pyrrole nitrogens is 1. The number of aromatic nitrogens is 3. The number of nitrogens with zero attached hydrogens (tertiary/aromatic N) is 2. The fraction of sp³-hybridized carbons (Fsp3) is 0.250. The highest BCUT2D eigenvalue weighted by Crippen LogP contribution is 2.22. The SMILES string of the molecule is Cc1cccc(CSc2nc3cc(C)[nH]c3c(=O)n2C)c1. The van der Waals surface area contributed by atoms with Gasteiger partial charge in [0.15, 0.2) is 5.16 Å². The van der Waals surface area contributed by atoms with Crippen LogP contribution in [0.4, 0.5) is 0 Å². The second-order valence-electron chi connectivity index (χ2n) is 5.25. The molecule has 0 fully saturated rings. The Labute approximate surface area is 127 Å². The van der Waals surface area contributed by atoms with Crippen LogP contribution in [0.15, 0.2) is 40.3 Å². The largest absolute Gasteiger partial charge is 0.353 e. The van der Waals surface area contributed by atoms with Crippen LogP contribution in [0.5, 0.6) is 0 Å². The van der Waals surface area contributed by atoms with Crippen LogP contribution in [0.1, 0.15) is 16.8 Å². The molecule has 108 valence electrons. The van der Waals surface area contributed by atoms with Crippen molar-refractivity contribution in [3.05, 3.63) is 57.5 Å². The molecule has 4 nitrogen and oxygen atoms in total. The Kier molecular flexibility index (Phi) is 3.59. The maximum Gasteiger partial charge on any atom is 0.278 e. The molecule has 0 unspecified atom stereocenters. The summed E-state index contributed by atoms with van der Waals surface area (Å²) < 4.78 is 1.61. The van der Waals surface area contributed by atoms with E-state index in [1.54, 1.807) is 23.4 Å². The van der Waals surface area contributed by atoms with Gasteiger partial charge in [-0.1, -0.05) is 41.6 Å². The maximum absolute atomic E-state index is 12.3. The highest BCUT2D eigenvalue weighted by molar-refractivity contribution is 7.98. The molecule has 2 aromatic heterocycles. The van der Waals surface area contributed by atoms with Gasteiger partial charge in [0.05, 0.1) is 5.52 Å². The summed E-state index contributed by atoms with van der Waals surface area (Å²) in [7, 11) is 1.77. The average Bonchev–Trinajstić information content (AvgIpc) is 2.82. The maximum atomic E-state index is 12.3. The van der Waals surface area contributed by atoms with Gasteiger partial charge < -0.3 is 4.98 Å². The van der Waals surface area contributed by atoms with Gasteiger partial charge in [-0.05, 0) is 25.5 Å². The van der Waals surface area contributed by atoms with Gasteiger partial charge in [0.25, 0.3) is 5.56 Å². The summed E-state index contributed by atoms with van der Waals surface area (Å²) in [5, 5.41) is 0.744. The highest BCUT2D eigenvalue weighted by atomic mass is 32.2. The Morgan fingerprint density at radius 3 is 2.86 bits per heavy atom. The van der Waals surface area contributed by atoms with Crippen molar-refractivity contribution in [3.63, 3.8) is 0 Å². The minimum absolute atomic E-state index is 0.0279. The molecule has 0 saturated heterocycles. The number of aryl methyl sites for hydroxylation is 2. The summed E-state index contributed by atoms with van der Waals surface area (Å²) in [6, 6.07) is 10.3. The van der Waals surface area contributed by atoms with Crippen molar-refractivity contribution in [1.82, 2.24) is 14.5 Å². The first-order valence-electron chi connectivity index (χ1n) is 6.79. The van der Waals surface area contributed by atoms with E-state index in [0.29, 0.717) is 5.52 Å². The molecule has 2 heterocycles. The van der Waals surface area contributed by atoms with Crippen molar-refractivity contribution in [3.8, 4) is 0 Å². The van der Waals surface area contributed by atoms with E-state index < -0.39 is 0 Å². The van der Waals surface area contributed by atoms with E-state index >= 15 is 0 Å². The van der Waals surface area contributed by atoms with Crippen LogP contribution in [0.25, 0.3) is 11.0 Å². The molecule has 0 amide bonds. The number of rotatable bonds is 3. The van der Waals surface area contributed by atoms with Crippen LogP contribution in [0.2, 0.25) is 0 Å². The van der Waals surface area contributed by atoms with Crippen molar-refractivity contribution in [1.29, 1.82) is 0 Å². The summed E-state index contributed by atoms with van der Waals surface area (Å²) in [5.74, 6) is 0.802. The number of fused-ring (bicyclic) bond motifs is 1. The molecule has 5 heteroatoms. The van der Waals surface area contributed by atoms with E-state index in [-0.39, 0.29) is 5.56 Å². The summed E-state index contributed by atoms with van der Waals surface area (Å²) in [6.45, 7) is 4.01. The molecule has 1 aromatic carbocycles. The molecule has 1 N–H and O–H groups in total. The number of nitrogens with one attached hydrogen (secondary N) is 1. The zero-order valence-corrected chi connectivity index (χ0v) is 13.1. The van der Waals surface area contributed by atoms with Gasteiger partial charge in [-0.2, -0.15) is 0 Å². The van der Waals surface area contributed by atoms with Crippen molar-refractivity contribution in [2.24, 2.45) is 7.05 Å². The van der Waals surface area contributed by atoms with Crippen LogP contribution in [-0.4, -0.2) is 14.5 Å². The third-order valence-electron chi connectivity index (χ3n) is 3.40. The normalized spacial score (nSPS) is 11.2. The van der Waals surface area contributed by atoms with E-state index in [0.717, 1.165) is 22.1 Å². The number of hydrogen-bond donors (Lipinski definition) is 1. The number of thioether (sulfide) groups is 1. The van der Waals surface area contributed by atoms with Gasteiger partial charge >= 0.3 is 0 Å². The standard InChI is InChI=1S/C16H17N3OS/c1-10-5-4-6-12(7-10)9-21-16-18-13-8-11(2)17-14(13)15(20)19(16)3/h4-8,17H,9H2,1-3H3. The predicted molar refractivity (Wildman–Crippen MR) is 86.8 cm³/mol. The Bertz CT molecular complexity index is 864. The quantitative estimate of drug-likeness (QED) is 0.597. The Morgan fingerprint density at radius 1 is 1.29 bits per heavy atom. The van der Waals surface area contributed by atoms with E-state index in [4.69, 9.17) is 0 Å². The van der Waals surface area contributed by atoms with Crippen LogP contribution in [0, 0.1) is 13.8 Å². The Morgan fingerprint density at radius 2 is 2.10 bits per heavy atom. The molecule has 21 heavy (non-hydrogen) atoms. The second kappa shape index (κ2) is 5.41. The van der Waals surface area contributed by atoms with E-state index in [1.165, 1.54) is 11.1 Å². The zero-order chi connectivity index (χ0) is 15.0. The number of hydrogen-bond acceptors (Lipinski definition) is 3. The lowest BCUT2D eigenvalue weighted by atomic mass is 10.2. The summed E-state index contributed by atoms with van der Waals surface area (Å²) in [4.78, 5) is 20.0. The molecule has 0 radical (unpaired) electrons. The molecule has 0 saturated carbocycles. The number of aromatic amines is 1. The first-order chi connectivity index (χ1) is 10.0. The van der Waals surface area contributed by atoms with Crippen molar-refractivity contribution < 1.29 is 0 Å². The molecular formula is C16H17N3OS. The van der Waals surface area contributed by atoms with Crippen LogP contribution in [0.3, 0.4) is 0 Å². The molecule has 0 spiro atoms. The smallest absolute Gasteiger partial charge is 0.278 e. The highest BCUT2D eigenvalue weighted by Gasteiger charge is 2.10. The van der Waals surface area contributed by atoms with Gasteiger partial charge in [-0.25, -0.2) is 4.98 Å². The third kappa shape index (κ3) is 2.74. The molecule has 0 aliphatic rings. The fourth-order valence-corrected chi connectivity index (χ4v) is 3.25. The molecule has 3 aromatic rings. The van der Waals surface area contributed by atoms with Crippen molar-refractivity contribution >= 4 is 22.8 Å². The average molecular weight is 299 g/mol. The van der Waals surface area contributed by atoms with E-state index in [2.05, 4.69) is 41.2 Å². The first kappa shape index (κ1) is 13.9. The van der Waals surface area contributed by atoms with Gasteiger partial charge in [0, 0.05) is 18.5 Å². The topological polar surface area (TPSA) is 50.7 Å². The molecular weight excluding hydrogens is 282 g/mol. The molecule has 0 aliphatic heterocycles. The summed E-state index contributed by atoms with van der Waals surface area (Å²) in [5.41, 5.74) is 4.72. The molecule has 0 aliphatic carbocycles. The van der Waals surface area contributed by atoms with Crippen molar-refractivity contribution in [2.75, 3.05) is 0 Å². The molecule has 0 bridgehead atoms. The monoisotopic (exact) mass is 299 g/mol. The summed E-state index contributed by atoms with van der Waals surface area (Å²) in [6.07, 6.45) is 0. The zero-order valence-electron chi connectivity index (χ0n) is 12.3. The van der Waals surface area contributed by atoms with Gasteiger partial charge in [-0.15, -0.1) is 0 Å². The van der Waals surface area contributed by atoms with Crippen molar-refractivity contribution in [2.45, 2.75) is 24.8 Å². The molecule has 3 rings (SSSR count). The van der Waals surface area contributed by atoms with Crippen LogP contribution < -0.4 is 5.56 Å². The van der Waals surface area contributed by atoms with Crippen LogP contribution >= 0.6 is 11.8 Å². The van der Waals surface area contributed by atoms with Gasteiger partial charge in [-0.3, -0.25) is 9.36 Å². The fourth-order valence-electron chi connectivity index (χ4n) is 2.34. The minimum Gasteiger partial charge on any atom is -0.353 e. The lowest BCUT2D eigenvalue weighted by Crippen LogP contribution is -2.19. The summed E-state index contributed by atoms with van der Waals surface area (Å²) >= 11 is 1.59. The van der Waals surface area contributed by atoms with Gasteiger partial charge in [0.1, 0.15) is 5.52 Å². The first-order valence-corrected chi connectivity index (χ1v) is 7.78. The van der Waals surface area contributed by atoms with E-state index in [1.807, 2.05) is 13.0 Å². The predicted octanol–water partition coefficient (Wildman–Crippen LogP) is 3.17. The third-order valence-corrected chi connectivity index (χ3v) is 4.50. The second-order valence-corrected chi connectivity index (χ2v) is 6.19.